The van der Waals surface area contributed by atoms with Crippen molar-refractivity contribution in [3.8, 4) is 11.3 Å². The number of hydrogen-bond donors (Lipinski definition) is 2. The summed E-state index contributed by atoms with van der Waals surface area (Å²) in [4.78, 5) is 29.1. The van der Waals surface area contributed by atoms with E-state index in [-0.39, 0.29) is 27.9 Å². The number of alkyl halides is 3. The highest BCUT2D eigenvalue weighted by Gasteiger charge is 2.33. The zero-order valence-electron chi connectivity index (χ0n) is 15.6. The summed E-state index contributed by atoms with van der Waals surface area (Å²) in [5.41, 5.74) is 4.14. The van der Waals surface area contributed by atoms with Gasteiger partial charge in [0, 0.05) is 19.0 Å². The largest absolute Gasteiger partial charge is 0.418 e. The van der Waals surface area contributed by atoms with Crippen LogP contribution in [-0.4, -0.2) is 14.1 Å². The smallest absolute Gasteiger partial charge is 0.384 e. The summed E-state index contributed by atoms with van der Waals surface area (Å²) < 4.78 is 41.7. The molecule has 1 aromatic carbocycles. The van der Waals surface area contributed by atoms with Crippen LogP contribution in [0, 0.1) is 0 Å². The monoisotopic (exact) mass is 425 g/mol. The van der Waals surface area contributed by atoms with Gasteiger partial charge in [0.2, 0.25) is 0 Å². The van der Waals surface area contributed by atoms with Crippen molar-refractivity contribution in [2.75, 3.05) is 11.1 Å². The molecule has 0 spiro atoms. The highest BCUT2D eigenvalue weighted by molar-refractivity contribution is 7.14. The number of hydrogen-bond acceptors (Lipinski definition) is 6. The van der Waals surface area contributed by atoms with Gasteiger partial charge in [-0.15, -0.1) is 11.3 Å². The van der Waals surface area contributed by atoms with Gasteiger partial charge >= 0.3 is 11.9 Å². The Morgan fingerprint density at radius 2 is 1.93 bits per heavy atom. The molecule has 0 fully saturated rings. The van der Waals surface area contributed by atoms with E-state index in [4.69, 9.17) is 5.73 Å². The zero-order valence-corrected chi connectivity index (χ0v) is 16.4. The lowest BCUT2D eigenvalue weighted by Crippen LogP contribution is -2.40. The van der Waals surface area contributed by atoms with Crippen LogP contribution in [0.4, 0.5) is 29.8 Å². The first kappa shape index (κ1) is 20.6. The Morgan fingerprint density at radius 1 is 1.24 bits per heavy atom. The van der Waals surface area contributed by atoms with Crippen molar-refractivity contribution < 1.29 is 13.2 Å². The zero-order chi connectivity index (χ0) is 21.3. The van der Waals surface area contributed by atoms with Crippen LogP contribution in [0.5, 0.6) is 0 Å². The van der Waals surface area contributed by atoms with Crippen LogP contribution in [0.1, 0.15) is 18.9 Å². The topological polar surface area (TPSA) is 94.9 Å². The maximum absolute atomic E-state index is 13.2. The van der Waals surface area contributed by atoms with Crippen molar-refractivity contribution in [1.82, 2.24) is 14.1 Å². The summed E-state index contributed by atoms with van der Waals surface area (Å²) in [5, 5.41) is 4.31. The standard InChI is InChI=1S/C18H18F3N5O2S/c1-3-8-26-14(22)13(15(27)25(2)17(26)28)12-9-29-16(24-12)23-11-7-5-4-6-10(11)18(19,20)21/h4-7,9H,3,8,22H2,1-2H3,(H,23,24). The summed E-state index contributed by atoms with van der Waals surface area (Å²) in [6.45, 7) is 2.18. The number of nitrogens with two attached hydrogens (primary N) is 1. The molecule has 154 valence electrons. The molecule has 0 radical (unpaired) electrons. The molecule has 2 aromatic heterocycles. The fourth-order valence-corrected chi connectivity index (χ4v) is 3.58. The summed E-state index contributed by atoms with van der Waals surface area (Å²) in [7, 11) is 1.34. The minimum Gasteiger partial charge on any atom is -0.384 e. The van der Waals surface area contributed by atoms with E-state index in [1.807, 2.05) is 6.92 Å². The molecule has 0 aliphatic rings. The third kappa shape index (κ3) is 3.90. The molecular formula is C18H18F3N5O2S. The Labute approximate surface area is 167 Å². The van der Waals surface area contributed by atoms with Gasteiger partial charge in [-0.2, -0.15) is 13.2 Å². The lowest BCUT2D eigenvalue weighted by Gasteiger charge is -2.13. The minimum absolute atomic E-state index is 0.0208. The summed E-state index contributed by atoms with van der Waals surface area (Å²) >= 11 is 1.02. The molecule has 0 aliphatic carbocycles. The predicted octanol–water partition coefficient (Wildman–Crippen LogP) is 3.43. The van der Waals surface area contributed by atoms with Crippen LogP contribution in [0.15, 0.2) is 39.2 Å². The molecule has 0 atom stereocenters. The van der Waals surface area contributed by atoms with Crippen LogP contribution in [0.2, 0.25) is 0 Å². The number of rotatable bonds is 5. The first-order valence-electron chi connectivity index (χ1n) is 8.63. The van der Waals surface area contributed by atoms with Gasteiger partial charge in [-0.1, -0.05) is 19.1 Å². The molecule has 0 saturated heterocycles. The first-order valence-corrected chi connectivity index (χ1v) is 9.51. The third-order valence-electron chi connectivity index (χ3n) is 4.26. The highest BCUT2D eigenvalue weighted by atomic mass is 32.1. The maximum atomic E-state index is 13.2. The average Bonchev–Trinajstić information content (AvgIpc) is 3.11. The second-order valence-corrected chi connectivity index (χ2v) is 7.12. The van der Waals surface area contributed by atoms with Crippen molar-refractivity contribution in [2.24, 2.45) is 7.05 Å². The predicted molar refractivity (Wildman–Crippen MR) is 106 cm³/mol. The van der Waals surface area contributed by atoms with Gasteiger partial charge in [-0.05, 0) is 18.6 Å². The third-order valence-corrected chi connectivity index (χ3v) is 5.02. The van der Waals surface area contributed by atoms with E-state index in [1.54, 1.807) is 0 Å². The van der Waals surface area contributed by atoms with E-state index in [1.165, 1.54) is 35.2 Å². The van der Waals surface area contributed by atoms with Gasteiger partial charge in [0.15, 0.2) is 5.13 Å². The minimum atomic E-state index is -4.53. The van der Waals surface area contributed by atoms with Crippen molar-refractivity contribution in [3.63, 3.8) is 0 Å². The van der Waals surface area contributed by atoms with Crippen molar-refractivity contribution in [2.45, 2.75) is 26.1 Å². The number of halogens is 3. The molecule has 29 heavy (non-hydrogen) atoms. The molecule has 0 aliphatic heterocycles. The van der Waals surface area contributed by atoms with E-state index in [9.17, 15) is 22.8 Å². The fourth-order valence-electron chi connectivity index (χ4n) is 2.86. The maximum Gasteiger partial charge on any atom is 0.418 e. The number of anilines is 3. The van der Waals surface area contributed by atoms with Crippen LogP contribution in [0.25, 0.3) is 11.3 Å². The second kappa shape index (κ2) is 7.74. The summed E-state index contributed by atoms with van der Waals surface area (Å²) in [6.07, 6.45) is -3.90. The van der Waals surface area contributed by atoms with Crippen LogP contribution in [0.3, 0.4) is 0 Å². The Bertz CT molecular complexity index is 1160. The highest BCUT2D eigenvalue weighted by Crippen LogP contribution is 2.37. The quantitative estimate of drug-likeness (QED) is 0.653. The Hall–Kier alpha value is -3.08. The molecule has 7 nitrogen and oxygen atoms in total. The number of benzene rings is 1. The molecular weight excluding hydrogens is 407 g/mol. The molecule has 0 bridgehead atoms. The second-order valence-electron chi connectivity index (χ2n) is 6.26. The van der Waals surface area contributed by atoms with Gasteiger partial charge in [-0.25, -0.2) is 9.78 Å². The molecule has 2 heterocycles. The van der Waals surface area contributed by atoms with Crippen molar-refractivity contribution in [1.29, 1.82) is 0 Å². The van der Waals surface area contributed by atoms with Crippen LogP contribution >= 0.6 is 11.3 Å². The Kier molecular flexibility index (Phi) is 5.51. The van der Waals surface area contributed by atoms with E-state index >= 15 is 0 Å². The number of nitrogen functional groups attached to an aromatic ring is 1. The van der Waals surface area contributed by atoms with E-state index in [0.717, 1.165) is 22.0 Å². The van der Waals surface area contributed by atoms with Gasteiger partial charge < -0.3 is 11.1 Å². The van der Waals surface area contributed by atoms with Gasteiger partial charge in [0.25, 0.3) is 5.56 Å². The SMILES string of the molecule is CCCn1c(N)c(-c2csc(Nc3ccccc3C(F)(F)F)n2)c(=O)n(C)c1=O. The normalized spacial score (nSPS) is 11.6. The number of aromatic nitrogens is 3. The van der Waals surface area contributed by atoms with Crippen LogP contribution in [-0.2, 0) is 19.8 Å². The molecule has 11 heteroatoms. The number of thiazole rings is 1. The molecule has 3 N–H and O–H groups in total. The first-order chi connectivity index (χ1) is 13.6. The summed E-state index contributed by atoms with van der Waals surface area (Å²) in [5.74, 6) is -0.0208. The van der Waals surface area contributed by atoms with Gasteiger partial charge in [0.05, 0.1) is 16.9 Å². The van der Waals surface area contributed by atoms with Crippen LogP contribution < -0.4 is 22.3 Å². The molecule has 0 unspecified atom stereocenters. The van der Waals surface area contributed by atoms with Crippen molar-refractivity contribution in [3.05, 3.63) is 56.0 Å². The summed E-state index contributed by atoms with van der Waals surface area (Å²) in [6, 6.07) is 5.02. The Balaban J connectivity index is 2.05. The molecule has 3 rings (SSSR count). The van der Waals surface area contributed by atoms with Gasteiger partial charge in [-0.3, -0.25) is 13.9 Å². The number of nitrogens with one attached hydrogen (secondary N) is 1. The van der Waals surface area contributed by atoms with E-state index in [0.29, 0.717) is 13.0 Å². The number of para-hydroxylation sites is 1. The molecule has 3 aromatic rings. The number of nitrogens with zero attached hydrogens (tertiary/aromatic N) is 3. The van der Waals surface area contributed by atoms with Crippen molar-refractivity contribution >= 4 is 28.0 Å². The fraction of sp³-hybridized carbons (Fsp3) is 0.278. The lowest BCUT2D eigenvalue weighted by molar-refractivity contribution is -0.136. The van der Waals surface area contributed by atoms with E-state index in [2.05, 4.69) is 10.3 Å². The Morgan fingerprint density at radius 3 is 2.59 bits per heavy atom. The van der Waals surface area contributed by atoms with Gasteiger partial charge in [0.1, 0.15) is 11.4 Å². The van der Waals surface area contributed by atoms with E-state index < -0.39 is 23.0 Å². The molecule has 0 saturated carbocycles. The average molecular weight is 425 g/mol. The lowest BCUT2D eigenvalue weighted by atomic mass is 10.2. The molecule has 0 amide bonds.